The van der Waals surface area contributed by atoms with E-state index in [1.54, 1.807) is 16.8 Å². The van der Waals surface area contributed by atoms with Crippen LogP contribution in [0, 0.1) is 0 Å². The molecule has 2 aromatic heterocycles. The first kappa shape index (κ1) is 6.67. The Kier molecular flexibility index (Phi) is 1.36. The molecule has 5 heteroatoms. The van der Waals surface area contributed by atoms with Crippen molar-refractivity contribution in [3.63, 3.8) is 0 Å². The van der Waals surface area contributed by atoms with Crippen molar-refractivity contribution >= 4 is 30.4 Å². The van der Waals surface area contributed by atoms with Gasteiger partial charge in [0.1, 0.15) is 19.7 Å². The fourth-order valence-corrected chi connectivity index (χ4v) is 1.10. The molecule has 0 saturated heterocycles. The van der Waals surface area contributed by atoms with Gasteiger partial charge in [-0.05, 0) is 6.07 Å². The highest BCUT2D eigenvalue weighted by Gasteiger charge is 2.00. The Balaban J connectivity index is 2.90. The first-order valence-electron chi connectivity index (χ1n) is 3.02. The quantitative estimate of drug-likeness (QED) is 0.519. The fourth-order valence-electron chi connectivity index (χ4n) is 0.920. The van der Waals surface area contributed by atoms with E-state index in [4.69, 9.17) is 19.4 Å². The van der Waals surface area contributed by atoms with Gasteiger partial charge >= 0.3 is 0 Å². The molecule has 52 valence electrons. The van der Waals surface area contributed by atoms with Crippen LogP contribution in [0.25, 0.3) is 5.52 Å². The van der Waals surface area contributed by atoms with Gasteiger partial charge in [0.25, 0.3) is 0 Å². The summed E-state index contributed by atoms with van der Waals surface area (Å²) in [5, 5.41) is 4.32. The van der Waals surface area contributed by atoms with E-state index >= 15 is 0 Å². The van der Waals surface area contributed by atoms with E-state index in [-0.39, 0.29) is 0 Å². The van der Waals surface area contributed by atoms with E-state index in [9.17, 15) is 0 Å². The molecule has 2 heterocycles. The first-order valence-corrected chi connectivity index (χ1v) is 3.39. The van der Waals surface area contributed by atoms with Gasteiger partial charge in [-0.2, -0.15) is 5.10 Å². The second kappa shape index (κ2) is 2.24. The van der Waals surface area contributed by atoms with Crippen molar-refractivity contribution in [2.75, 3.05) is 0 Å². The number of aromatic nitrogens is 3. The highest BCUT2D eigenvalue weighted by Crippen LogP contribution is 2.10. The Morgan fingerprint density at radius 1 is 1.55 bits per heavy atom. The minimum atomic E-state index is 0.414. The lowest BCUT2D eigenvalue weighted by Gasteiger charge is -1.91. The number of hydrogen-bond donors (Lipinski definition) is 0. The largest absolute Gasteiger partial charge is 0.237 e. The summed E-state index contributed by atoms with van der Waals surface area (Å²) in [6.07, 6.45) is 3.07. The van der Waals surface area contributed by atoms with Crippen LogP contribution in [0.1, 0.15) is 0 Å². The normalized spacial score (nSPS) is 10.6. The molecule has 0 aromatic carbocycles. The van der Waals surface area contributed by atoms with Gasteiger partial charge < -0.3 is 0 Å². The van der Waals surface area contributed by atoms with Gasteiger partial charge in [0.15, 0.2) is 5.15 Å². The molecule has 2 rings (SSSR count). The number of rotatable bonds is 0. The van der Waals surface area contributed by atoms with E-state index in [1.807, 2.05) is 0 Å². The van der Waals surface area contributed by atoms with Gasteiger partial charge in [-0.3, -0.25) is 0 Å². The molecule has 0 amide bonds. The second-order valence-electron chi connectivity index (χ2n) is 2.15. The van der Waals surface area contributed by atoms with Crippen LogP contribution in [0.5, 0.6) is 0 Å². The van der Waals surface area contributed by atoms with Gasteiger partial charge in [-0.25, -0.2) is 9.50 Å². The van der Waals surface area contributed by atoms with Crippen molar-refractivity contribution < 1.29 is 0 Å². The molecule has 0 atom stereocenters. The molecule has 0 aliphatic carbocycles. The third-order valence-corrected chi connectivity index (χ3v) is 1.67. The number of nitrogens with zero attached hydrogens (tertiary/aromatic N) is 3. The van der Waals surface area contributed by atoms with Gasteiger partial charge in [0.05, 0.1) is 0 Å². The zero-order valence-electron chi connectivity index (χ0n) is 5.53. The van der Waals surface area contributed by atoms with Gasteiger partial charge in [0.2, 0.25) is 0 Å². The van der Waals surface area contributed by atoms with Crippen LogP contribution in [0.4, 0.5) is 0 Å². The van der Waals surface area contributed by atoms with Crippen LogP contribution in [-0.2, 0) is 0 Å². The molecular formula is C6H3BClN3. The van der Waals surface area contributed by atoms with E-state index in [0.717, 1.165) is 5.52 Å². The summed E-state index contributed by atoms with van der Waals surface area (Å²) < 4.78 is 1.59. The highest BCUT2D eigenvalue weighted by atomic mass is 35.5. The maximum Gasteiger partial charge on any atom is 0.156 e. The van der Waals surface area contributed by atoms with Crippen molar-refractivity contribution in [3.8, 4) is 0 Å². The topological polar surface area (TPSA) is 30.2 Å². The lowest BCUT2D eigenvalue weighted by atomic mass is 10.0. The third kappa shape index (κ3) is 0.992. The standard InChI is InChI=1S/C6H3BClN3/c7-4-1-5-6(8)9-3-10-11(5)2-4/h1-3H. The van der Waals surface area contributed by atoms with E-state index in [2.05, 4.69) is 10.1 Å². The third-order valence-electron chi connectivity index (χ3n) is 1.38. The zero-order chi connectivity index (χ0) is 7.84. The van der Waals surface area contributed by atoms with Gasteiger partial charge in [-0.15, -0.1) is 0 Å². The lowest BCUT2D eigenvalue weighted by molar-refractivity contribution is 0.905. The molecule has 0 N–H and O–H groups in total. The van der Waals surface area contributed by atoms with Crippen molar-refractivity contribution in [1.82, 2.24) is 14.6 Å². The van der Waals surface area contributed by atoms with Gasteiger partial charge in [-0.1, -0.05) is 17.1 Å². The Morgan fingerprint density at radius 2 is 2.36 bits per heavy atom. The molecule has 0 saturated carbocycles. The summed E-state index contributed by atoms with van der Waals surface area (Å²) in [5.41, 5.74) is 1.36. The Labute approximate surface area is 69.4 Å². The molecule has 2 aromatic rings. The molecule has 0 spiro atoms. The average molecular weight is 163 g/mol. The predicted molar refractivity (Wildman–Crippen MR) is 43.4 cm³/mol. The maximum absolute atomic E-state index is 5.74. The molecule has 0 aliphatic rings. The summed E-state index contributed by atoms with van der Waals surface area (Å²) in [5.74, 6) is 0. The van der Waals surface area contributed by atoms with Crippen molar-refractivity contribution in [1.29, 1.82) is 0 Å². The first-order chi connectivity index (χ1) is 5.27. The lowest BCUT2D eigenvalue weighted by Crippen LogP contribution is -1.95. The van der Waals surface area contributed by atoms with Gasteiger partial charge in [0, 0.05) is 6.20 Å². The second-order valence-corrected chi connectivity index (χ2v) is 2.51. The average Bonchev–Trinajstić information content (AvgIpc) is 2.31. The zero-order valence-corrected chi connectivity index (χ0v) is 6.28. The minimum Gasteiger partial charge on any atom is -0.237 e. The summed E-state index contributed by atoms with van der Waals surface area (Å²) in [6.45, 7) is 0. The van der Waals surface area contributed by atoms with Crippen LogP contribution in [0.15, 0.2) is 18.6 Å². The van der Waals surface area contributed by atoms with Crippen LogP contribution in [0.3, 0.4) is 0 Å². The molecule has 3 nitrogen and oxygen atoms in total. The predicted octanol–water partition coefficient (Wildman–Crippen LogP) is 0.176. The molecule has 0 aliphatic heterocycles. The number of hydrogen-bond acceptors (Lipinski definition) is 2. The smallest absolute Gasteiger partial charge is 0.156 e. The van der Waals surface area contributed by atoms with Crippen LogP contribution >= 0.6 is 11.6 Å². The molecule has 0 fully saturated rings. The number of halogens is 1. The van der Waals surface area contributed by atoms with Crippen LogP contribution < -0.4 is 5.46 Å². The molecule has 11 heavy (non-hydrogen) atoms. The monoisotopic (exact) mass is 163 g/mol. The summed E-state index contributed by atoms with van der Waals surface area (Å²) in [7, 11) is 5.51. The Hall–Kier alpha value is -1.03. The Morgan fingerprint density at radius 3 is 3.09 bits per heavy atom. The Bertz CT molecular complexity index is 398. The summed E-state index contributed by atoms with van der Waals surface area (Å²) in [4.78, 5) is 3.80. The van der Waals surface area contributed by atoms with Crippen molar-refractivity contribution in [2.24, 2.45) is 0 Å². The van der Waals surface area contributed by atoms with Crippen LogP contribution in [0.2, 0.25) is 5.15 Å². The van der Waals surface area contributed by atoms with Crippen LogP contribution in [-0.4, -0.2) is 22.4 Å². The SMILES string of the molecule is [B]c1cc2c(Cl)ncnn2c1. The summed E-state index contributed by atoms with van der Waals surface area (Å²) in [6, 6.07) is 1.72. The maximum atomic E-state index is 5.74. The van der Waals surface area contributed by atoms with E-state index in [0.29, 0.717) is 10.6 Å². The highest BCUT2D eigenvalue weighted by molar-refractivity contribution is 6.35. The fraction of sp³-hybridized carbons (Fsp3) is 0. The number of fused-ring (bicyclic) bond motifs is 1. The van der Waals surface area contributed by atoms with E-state index < -0.39 is 0 Å². The van der Waals surface area contributed by atoms with Crippen molar-refractivity contribution in [3.05, 3.63) is 23.7 Å². The molecule has 0 unspecified atom stereocenters. The molecular weight excluding hydrogens is 160 g/mol. The van der Waals surface area contributed by atoms with E-state index in [1.165, 1.54) is 6.33 Å². The minimum absolute atomic E-state index is 0.414. The van der Waals surface area contributed by atoms with Crippen molar-refractivity contribution in [2.45, 2.75) is 0 Å². The summed E-state index contributed by atoms with van der Waals surface area (Å²) >= 11 is 5.74. The molecule has 2 radical (unpaired) electrons. The molecule has 0 bridgehead atoms.